The lowest BCUT2D eigenvalue weighted by Crippen LogP contribution is -2.23. The molecule has 0 bridgehead atoms. The van der Waals surface area contributed by atoms with Crippen molar-refractivity contribution in [2.45, 2.75) is 16.4 Å². The smallest absolute Gasteiger partial charge is 0.239 e. The third-order valence-corrected chi connectivity index (χ3v) is 4.13. The molecule has 1 atom stereocenters. The molecule has 0 spiro atoms. The summed E-state index contributed by atoms with van der Waals surface area (Å²) in [6.45, 7) is 1.86. The summed E-state index contributed by atoms with van der Waals surface area (Å²) in [5.74, 6) is 0.255. The highest BCUT2D eigenvalue weighted by atomic mass is 32.2. The summed E-state index contributed by atoms with van der Waals surface area (Å²) in [5, 5.41) is 4.50. The average molecular weight is 265 g/mol. The van der Waals surface area contributed by atoms with E-state index in [0.29, 0.717) is 5.95 Å². The van der Waals surface area contributed by atoms with E-state index in [9.17, 15) is 4.79 Å². The maximum Gasteiger partial charge on any atom is 0.239 e. The predicted octanol–water partition coefficient (Wildman–Crippen LogP) is 2.66. The number of anilines is 1. The minimum atomic E-state index is -0.169. The van der Waals surface area contributed by atoms with Crippen LogP contribution >= 0.6 is 23.1 Å². The fourth-order valence-corrected chi connectivity index (χ4v) is 3.08. The van der Waals surface area contributed by atoms with E-state index in [2.05, 4.69) is 15.3 Å². The quantitative estimate of drug-likeness (QED) is 0.863. The number of thiophene rings is 1. The monoisotopic (exact) mass is 265 g/mol. The van der Waals surface area contributed by atoms with Gasteiger partial charge in [-0.2, -0.15) is 0 Å². The van der Waals surface area contributed by atoms with Gasteiger partial charge in [-0.1, -0.05) is 6.07 Å². The second kappa shape index (κ2) is 5.79. The normalized spacial score (nSPS) is 12.1. The van der Waals surface area contributed by atoms with Crippen LogP contribution in [0.1, 0.15) is 6.92 Å². The minimum absolute atomic E-state index is 0.0883. The van der Waals surface area contributed by atoms with Crippen LogP contribution in [0.4, 0.5) is 5.95 Å². The van der Waals surface area contributed by atoms with Crippen LogP contribution in [0.3, 0.4) is 0 Å². The zero-order chi connectivity index (χ0) is 12.1. The summed E-state index contributed by atoms with van der Waals surface area (Å²) in [4.78, 5) is 19.7. The molecule has 2 heterocycles. The van der Waals surface area contributed by atoms with E-state index >= 15 is 0 Å². The first-order valence-electron chi connectivity index (χ1n) is 5.04. The first kappa shape index (κ1) is 12.1. The molecule has 0 aromatic carbocycles. The maximum absolute atomic E-state index is 11.8. The highest BCUT2D eigenvalue weighted by Gasteiger charge is 2.15. The number of nitrogens with one attached hydrogen (secondary N) is 1. The van der Waals surface area contributed by atoms with Crippen LogP contribution < -0.4 is 5.32 Å². The molecule has 6 heteroatoms. The van der Waals surface area contributed by atoms with Crippen molar-refractivity contribution in [2.24, 2.45) is 0 Å². The van der Waals surface area contributed by atoms with E-state index in [1.54, 1.807) is 29.8 Å². The summed E-state index contributed by atoms with van der Waals surface area (Å²) < 4.78 is 1.13. The molecule has 0 aliphatic rings. The molecule has 2 aromatic rings. The van der Waals surface area contributed by atoms with Crippen LogP contribution in [0, 0.1) is 0 Å². The molecule has 4 nitrogen and oxygen atoms in total. The molecule has 0 saturated carbocycles. The van der Waals surface area contributed by atoms with Crippen LogP contribution in [0.5, 0.6) is 0 Å². The van der Waals surface area contributed by atoms with E-state index in [4.69, 9.17) is 0 Å². The molecule has 0 radical (unpaired) electrons. The lowest BCUT2D eigenvalue weighted by Gasteiger charge is -2.09. The maximum atomic E-state index is 11.8. The van der Waals surface area contributed by atoms with E-state index in [-0.39, 0.29) is 11.2 Å². The Morgan fingerprint density at radius 3 is 2.82 bits per heavy atom. The Hall–Kier alpha value is -1.40. The van der Waals surface area contributed by atoms with Crippen molar-refractivity contribution >= 4 is 35.0 Å². The second-order valence-corrected chi connectivity index (χ2v) is 5.84. The highest BCUT2D eigenvalue weighted by molar-refractivity contribution is 8.02. The average Bonchev–Trinajstić information content (AvgIpc) is 2.83. The van der Waals surface area contributed by atoms with E-state index in [0.717, 1.165) is 4.21 Å². The van der Waals surface area contributed by atoms with Gasteiger partial charge in [0.05, 0.1) is 9.46 Å². The Morgan fingerprint density at radius 1 is 1.41 bits per heavy atom. The van der Waals surface area contributed by atoms with Crippen LogP contribution in [0.25, 0.3) is 0 Å². The number of carbonyl (C=O) groups excluding carboxylic acids is 1. The van der Waals surface area contributed by atoms with E-state index in [1.807, 2.05) is 24.4 Å². The SMILES string of the molecule is CC(Sc1cccs1)C(=O)Nc1ncccn1. The Balaban J connectivity index is 1.92. The number of nitrogens with zero attached hydrogens (tertiary/aromatic N) is 2. The summed E-state index contributed by atoms with van der Waals surface area (Å²) >= 11 is 3.16. The summed E-state index contributed by atoms with van der Waals surface area (Å²) in [6, 6.07) is 5.68. The lowest BCUT2D eigenvalue weighted by atomic mass is 10.4. The van der Waals surface area contributed by atoms with Crippen molar-refractivity contribution < 1.29 is 4.79 Å². The summed E-state index contributed by atoms with van der Waals surface area (Å²) in [5.41, 5.74) is 0. The van der Waals surface area contributed by atoms with E-state index < -0.39 is 0 Å². The number of carbonyl (C=O) groups is 1. The molecule has 0 fully saturated rings. The Bertz CT molecular complexity index is 473. The van der Waals surface area contributed by atoms with Gasteiger partial charge in [0, 0.05) is 12.4 Å². The van der Waals surface area contributed by atoms with Crippen molar-refractivity contribution in [1.82, 2.24) is 9.97 Å². The van der Waals surface area contributed by atoms with Crippen LogP contribution in [-0.4, -0.2) is 21.1 Å². The number of rotatable bonds is 4. The van der Waals surface area contributed by atoms with Crippen molar-refractivity contribution in [1.29, 1.82) is 0 Å². The third-order valence-electron chi connectivity index (χ3n) is 1.96. The van der Waals surface area contributed by atoms with Gasteiger partial charge in [-0.05, 0) is 24.4 Å². The van der Waals surface area contributed by atoms with Gasteiger partial charge in [-0.3, -0.25) is 10.1 Å². The zero-order valence-electron chi connectivity index (χ0n) is 9.16. The molecule has 0 saturated heterocycles. The number of thioether (sulfide) groups is 1. The first-order chi connectivity index (χ1) is 8.25. The van der Waals surface area contributed by atoms with Gasteiger partial charge < -0.3 is 0 Å². The largest absolute Gasteiger partial charge is 0.294 e. The molecule has 0 aliphatic heterocycles. The molecule has 1 N–H and O–H groups in total. The van der Waals surface area contributed by atoms with Crippen LogP contribution in [0.15, 0.2) is 40.2 Å². The zero-order valence-corrected chi connectivity index (χ0v) is 10.8. The Morgan fingerprint density at radius 2 is 2.18 bits per heavy atom. The molecule has 2 rings (SSSR count). The first-order valence-corrected chi connectivity index (χ1v) is 6.79. The fraction of sp³-hybridized carbons (Fsp3) is 0.182. The summed E-state index contributed by atoms with van der Waals surface area (Å²) in [6.07, 6.45) is 3.19. The predicted molar refractivity (Wildman–Crippen MR) is 70.3 cm³/mol. The Labute approximate surface area is 107 Å². The van der Waals surface area contributed by atoms with Gasteiger partial charge in [0.2, 0.25) is 11.9 Å². The standard InChI is InChI=1S/C11H11N3OS2/c1-8(17-9-4-2-7-16-9)10(15)14-11-12-5-3-6-13-11/h2-8H,1H3,(H,12,13,14,15). The third kappa shape index (κ3) is 3.54. The number of hydrogen-bond acceptors (Lipinski definition) is 5. The van der Waals surface area contributed by atoms with Gasteiger partial charge in [0.25, 0.3) is 0 Å². The molecular weight excluding hydrogens is 254 g/mol. The lowest BCUT2D eigenvalue weighted by molar-refractivity contribution is -0.115. The van der Waals surface area contributed by atoms with Crippen molar-refractivity contribution in [2.75, 3.05) is 5.32 Å². The van der Waals surface area contributed by atoms with Gasteiger partial charge in [0.15, 0.2) is 0 Å². The van der Waals surface area contributed by atoms with Gasteiger partial charge in [0.1, 0.15) is 0 Å². The van der Waals surface area contributed by atoms with E-state index in [1.165, 1.54) is 11.8 Å². The molecule has 88 valence electrons. The molecular formula is C11H11N3OS2. The molecule has 0 aliphatic carbocycles. The Kier molecular flexibility index (Phi) is 4.11. The molecule has 2 aromatic heterocycles. The molecule has 17 heavy (non-hydrogen) atoms. The number of amides is 1. The minimum Gasteiger partial charge on any atom is -0.294 e. The van der Waals surface area contributed by atoms with Crippen molar-refractivity contribution in [3.63, 3.8) is 0 Å². The number of hydrogen-bond donors (Lipinski definition) is 1. The van der Waals surface area contributed by atoms with Gasteiger partial charge >= 0.3 is 0 Å². The van der Waals surface area contributed by atoms with Gasteiger partial charge in [-0.15, -0.1) is 23.1 Å². The molecule has 1 amide bonds. The molecule has 1 unspecified atom stereocenters. The number of aromatic nitrogens is 2. The van der Waals surface area contributed by atoms with Crippen LogP contribution in [0.2, 0.25) is 0 Å². The van der Waals surface area contributed by atoms with Gasteiger partial charge in [-0.25, -0.2) is 9.97 Å². The fourth-order valence-electron chi connectivity index (χ4n) is 1.13. The summed E-state index contributed by atoms with van der Waals surface area (Å²) in [7, 11) is 0. The van der Waals surface area contributed by atoms with Crippen molar-refractivity contribution in [3.05, 3.63) is 36.0 Å². The topological polar surface area (TPSA) is 54.9 Å². The highest BCUT2D eigenvalue weighted by Crippen LogP contribution is 2.27. The van der Waals surface area contributed by atoms with Crippen LogP contribution in [-0.2, 0) is 4.79 Å². The van der Waals surface area contributed by atoms with Crippen molar-refractivity contribution in [3.8, 4) is 0 Å². The second-order valence-electron chi connectivity index (χ2n) is 3.25.